The molecule has 2 aromatic carbocycles. The lowest BCUT2D eigenvalue weighted by atomic mass is 9.91. The number of ether oxygens (including phenoxy) is 1. The molecule has 6 nitrogen and oxygen atoms in total. The van der Waals surface area contributed by atoms with Gasteiger partial charge in [-0.2, -0.15) is 10.1 Å². The highest BCUT2D eigenvalue weighted by atomic mass is 19.1. The topological polar surface area (TPSA) is 60.2 Å². The van der Waals surface area contributed by atoms with Crippen LogP contribution >= 0.6 is 0 Å². The molecule has 0 spiro atoms. The zero-order valence-corrected chi connectivity index (χ0v) is 15.7. The summed E-state index contributed by atoms with van der Waals surface area (Å²) in [5.41, 5.74) is 1.92. The van der Waals surface area contributed by atoms with Crippen LogP contribution in [0.5, 0.6) is 5.75 Å². The molecule has 0 saturated carbocycles. The van der Waals surface area contributed by atoms with Crippen LogP contribution in [0.1, 0.15) is 43.0 Å². The molecule has 28 heavy (non-hydrogen) atoms. The predicted molar refractivity (Wildman–Crippen MR) is 103 cm³/mol. The third-order valence-corrected chi connectivity index (χ3v) is 5.15. The zero-order chi connectivity index (χ0) is 19.7. The molecule has 0 radical (unpaired) electrons. The minimum absolute atomic E-state index is 0.0207. The number of aromatic nitrogens is 3. The second-order valence-corrected chi connectivity index (χ2v) is 6.71. The van der Waals surface area contributed by atoms with Crippen LogP contribution in [-0.4, -0.2) is 27.8 Å². The third-order valence-electron chi connectivity index (χ3n) is 5.15. The molecule has 1 aromatic heterocycles. The monoisotopic (exact) mass is 380 g/mol. The fourth-order valence-corrected chi connectivity index (χ4v) is 3.72. The molecule has 2 atom stereocenters. The first-order valence-corrected chi connectivity index (χ1v) is 9.23. The van der Waals surface area contributed by atoms with E-state index in [1.165, 1.54) is 18.5 Å². The third kappa shape index (κ3) is 3.13. The maximum absolute atomic E-state index is 13.4. The summed E-state index contributed by atoms with van der Waals surface area (Å²) < 4.78 is 20.4. The van der Waals surface area contributed by atoms with Crippen molar-refractivity contribution in [2.75, 3.05) is 12.0 Å². The number of halogens is 1. The summed E-state index contributed by atoms with van der Waals surface area (Å²) >= 11 is 0. The van der Waals surface area contributed by atoms with E-state index in [0.29, 0.717) is 18.8 Å². The molecule has 144 valence electrons. The van der Waals surface area contributed by atoms with Gasteiger partial charge < -0.3 is 4.74 Å². The number of hydrogen-bond donors (Lipinski definition) is 0. The van der Waals surface area contributed by atoms with Crippen molar-refractivity contribution in [1.29, 1.82) is 0 Å². The van der Waals surface area contributed by atoms with E-state index in [9.17, 15) is 9.18 Å². The lowest BCUT2D eigenvalue weighted by Crippen LogP contribution is -2.42. The van der Waals surface area contributed by atoms with Crippen LogP contribution in [0, 0.1) is 5.82 Å². The molecular weight excluding hydrogens is 359 g/mol. The number of amides is 1. The van der Waals surface area contributed by atoms with Gasteiger partial charge in [0.15, 0.2) is 0 Å². The summed E-state index contributed by atoms with van der Waals surface area (Å²) in [6.45, 7) is 1.83. The van der Waals surface area contributed by atoms with Gasteiger partial charge in [-0.25, -0.2) is 9.07 Å². The molecule has 0 fully saturated rings. The molecule has 7 heteroatoms. The molecule has 0 aliphatic carbocycles. The summed E-state index contributed by atoms with van der Waals surface area (Å²) in [7, 11) is 1.62. The van der Waals surface area contributed by atoms with Gasteiger partial charge in [0.25, 0.3) is 0 Å². The molecule has 4 rings (SSSR count). The Balaban J connectivity index is 1.81. The highest BCUT2D eigenvalue weighted by molar-refractivity contribution is 5.92. The predicted octanol–water partition coefficient (Wildman–Crippen LogP) is 3.90. The minimum Gasteiger partial charge on any atom is -0.497 e. The molecule has 1 aliphatic heterocycles. The van der Waals surface area contributed by atoms with E-state index in [1.54, 1.807) is 28.8 Å². The summed E-state index contributed by atoms with van der Waals surface area (Å²) in [4.78, 5) is 18.9. The van der Waals surface area contributed by atoms with Crippen molar-refractivity contribution in [3.63, 3.8) is 0 Å². The van der Waals surface area contributed by atoms with Gasteiger partial charge in [-0.3, -0.25) is 9.69 Å². The first kappa shape index (κ1) is 18.2. The molecule has 0 N–H and O–H groups in total. The average molecular weight is 380 g/mol. The Morgan fingerprint density at radius 2 is 1.75 bits per heavy atom. The van der Waals surface area contributed by atoms with Crippen LogP contribution in [0.15, 0.2) is 54.9 Å². The molecule has 2 heterocycles. The SMILES string of the molecule is CCC(=O)N1c2ncnn2[C@@H](c2ccc(F)cc2)C[C@H]1c1ccc(OC)cc1. The van der Waals surface area contributed by atoms with Crippen molar-refractivity contribution in [3.8, 4) is 5.75 Å². The van der Waals surface area contributed by atoms with E-state index in [-0.39, 0.29) is 23.8 Å². The van der Waals surface area contributed by atoms with Crippen LogP contribution in [0.25, 0.3) is 0 Å². The number of hydrogen-bond acceptors (Lipinski definition) is 4. The highest BCUT2D eigenvalue weighted by Gasteiger charge is 2.38. The number of rotatable bonds is 4. The van der Waals surface area contributed by atoms with Gasteiger partial charge in [-0.05, 0) is 41.8 Å². The standard InChI is InChI=1S/C21H21FN4O2/c1-3-20(27)25-18(14-6-10-17(28-2)11-7-14)12-19(26-21(25)23-13-24-26)15-4-8-16(22)9-5-15/h4-11,13,18-19H,3,12H2,1-2H3/t18-,19+/m0/s1. The summed E-state index contributed by atoms with van der Waals surface area (Å²) in [6.07, 6.45) is 2.43. The van der Waals surface area contributed by atoms with Crippen LogP contribution < -0.4 is 9.64 Å². The highest BCUT2D eigenvalue weighted by Crippen LogP contribution is 2.42. The van der Waals surface area contributed by atoms with Crippen LogP contribution in [0.4, 0.5) is 10.3 Å². The second-order valence-electron chi connectivity index (χ2n) is 6.71. The maximum Gasteiger partial charge on any atom is 0.231 e. The second kappa shape index (κ2) is 7.42. The Morgan fingerprint density at radius 1 is 1.11 bits per heavy atom. The van der Waals surface area contributed by atoms with Gasteiger partial charge in [0.1, 0.15) is 17.9 Å². The van der Waals surface area contributed by atoms with Crippen LogP contribution in [-0.2, 0) is 4.79 Å². The lowest BCUT2D eigenvalue weighted by Gasteiger charge is -2.39. The minimum atomic E-state index is -0.284. The fourth-order valence-electron chi connectivity index (χ4n) is 3.72. The number of carbonyl (C=O) groups is 1. The first-order chi connectivity index (χ1) is 13.6. The molecular formula is C21H21FN4O2. The van der Waals surface area contributed by atoms with Gasteiger partial charge in [0, 0.05) is 6.42 Å². The Hall–Kier alpha value is -3.22. The number of anilines is 1. The average Bonchev–Trinajstić information content (AvgIpc) is 3.22. The van der Waals surface area contributed by atoms with E-state index >= 15 is 0 Å². The lowest BCUT2D eigenvalue weighted by molar-refractivity contribution is -0.119. The molecule has 1 amide bonds. The van der Waals surface area contributed by atoms with Gasteiger partial charge in [-0.15, -0.1) is 0 Å². The van der Waals surface area contributed by atoms with Gasteiger partial charge in [-0.1, -0.05) is 31.2 Å². The molecule has 0 unspecified atom stereocenters. The van der Waals surface area contributed by atoms with Crippen molar-refractivity contribution in [2.24, 2.45) is 0 Å². The molecule has 0 bridgehead atoms. The Kier molecular flexibility index (Phi) is 4.81. The van der Waals surface area contributed by atoms with Crippen molar-refractivity contribution < 1.29 is 13.9 Å². The Morgan fingerprint density at radius 3 is 2.39 bits per heavy atom. The molecule has 1 aliphatic rings. The van der Waals surface area contributed by atoms with Crippen molar-refractivity contribution in [2.45, 2.75) is 31.8 Å². The maximum atomic E-state index is 13.4. The quantitative estimate of drug-likeness (QED) is 0.689. The largest absolute Gasteiger partial charge is 0.497 e. The van der Waals surface area contributed by atoms with E-state index in [0.717, 1.165) is 16.9 Å². The Bertz CT molecular complexity index is 969. The van der Waals surface area contributed by atoms with E-state index < -0.39 is 0 Å². The Labute approximate surface area is 162 Å². The number of nitrogens with zero attached hydrogens (tertiary/aromatic N) is 4. The summed E-state index contributed by atoms with van der Waals surface area (Å²) in [5, 5.41) is 4.36. The fraction of sp³-hybridized carbons (Fsp3) is 0.286. The first-order valence-electron chi connectivity index (χ1n) is 9.23. The van der Waals surface area contributed by atoms with Crippen LogP contribution in [0.3, 0.4) is 0 Å². The van der Waals surface area contributed by atoms with Crippen molar-refractivity contribution in [3.05, 3.63) is 71.8 Å². The summed E-state index contributed by atoms with van der Waals surface area (Å²) in [6, 6.07) is 13.8. The summed E-state index contributed by atoms with van der Waals surface area (Å²) in [5.74, 6) is 0.958. The van der Waals surface area contributed by atoms with E-state index in [1.807, 2.05) is 31.2 Å². The smallest absolute Gasteiger partial charge is 0.231 e. The molecule has 3 aromatic rings. The number of fused-ring (bicyclic) bond motifs is 1. The van der Waals surface area contributed by atoms with Gasteiger partial charge >= 0.3 is 0 Å². The number of carbonyl (C=O) groups excluding carboxylic acids is 1. The van der Waals surface area contributed by atoms with Crippen molar-refractivity contribution in [1.82, 2.24) is 14.8 Å². The van der Waals surface area contributed by atoms with Crippen LogP contribution in [0.2, 0.25) is 0 Å². The zero-order valence-electron chi connectivity index (χ0n) is 15.7. The normalized spacial score (nSPS) is 18.6. The van der Waals surface area contributed by atoms with E-state index in [2.05, 4.69) is 10.1 Å². The van der Waals surface area contributed by atoms with E-state index in [4.69, 9.17) is 4.74 Å². The number of methoxy groups -OCH3 is 1. The molecule has 0 saturated heterocycles. The van der Waals surface area contributed by atoms with Crippen molar-refractivity contribution >= 4 is 11.9 Å². The van der Waals surface area contributed by atoms with Gasteiger partial charge in [0.2, 0.25) is 11.9 Å². The van der Waals surface area contributed by atoms with Gasteiger partial charge in [0.05, 0.1) is 19.2 Å². The number of benzene rings is 2.